The molecular formula is C40H48N4O4S. The zero-order valence-electron chi connectivity index (χ0n) is 28.5. The van der Waals surface area contributed by atoms with E-state index < -0.39 is 5.91 Å². The van der Waals surface area contributed by atoms with Crippen molar-refractivity contribution in [3.63, 3.8) is 0 Å². The smallest absolute Gasteiger partial charge is 0.258 e. The van der Waals surface area contributed by atoms with E-state index in [0.29, 0.717) is 46.7 Å². The molecule has 2 aromatic heterocycles. The zero-order chi connectivity index (χ0) is 34.5. The number of nitrogens with two attached hydrogens (primary N) is 1. The Bertz CT molecular complexity index is 1880. The first kappa shape index (κ1) is 34.3. The number of rotatable bonds is 7. The molecule has 4 heterocycles. The number of pyridine rings is 1. The molecule has 1 saturated carbocycles. The van der Waals surface area contributed by atoms with Gasteiger partial charge >= 0.3 is 0 Å². The summed E-state index contributed by atoms with van der Waals surface area (Å²) in [4.78, 5) is 46.5. The van der Waals surface area contributed by atoms with Gasteiger partial charge in [-0.2, -0.15) is 0 Å². The number of aryl methyl sites for hydroxylation is 1. The van der Waals surface area contributed by atoms with Crippen LogP contribution in [0.2, 0.25) is 0 Å². The first-order chi connectivity index (χ1) is 23.8. The van der Waals surface area contributed by atoms with E-state index in [1.165, 1.54) is 24.2 Å². The number of ether oxygens (including phenoxy) is 1. The van der Waals surface area contributed by atoms with Crippen LogP contribution >= 0.6 is 11.3 Å². The van der Waals surface area contributed by atoms with Gasteiger partial charge < -0.3 is 20.7 Å². The van der Waals surface area contributed by atoms with Crippen molar-refractivity contribution in [3.8, 4) is 0 Å². The van der Waals surface area contributed by atoms with E-state index >= 15 is 0 Å². The fraction of sp³-hybridized carbons (Fsp3) is 0.350. The van der Waals surface area contributed by atoms with Crippen molar-refractivity contribution in [2.75, 3.05) is 30.0 Å². The first-order valence-electron chi connectivity index (χ1n) is 17.2. The van der Waals surface area contributed by atoms with E-state index in [-0.39, 0.29) is 14.7 Å². The summed E-state index contributed by atoms with van der Waals surface area (Å²) in [6.07, 6.45) is 9.95. The molecule has 8 nitrogen and oxygen atoms in total. The zero-order valence-corrected chi connectivity index (χ0v) is 29.3. The summed E-state index contributed by atoms with van der Waals surface area (Å²) < 4.78 is 5.57. The van der Waals surface area contributed by atoms with E-state index in [9.17, 15) is 14.4 Å². The van der Waals surface area contributed by atoms with Crippen LogP contribution in [0.4, 0.5) is 11.4 Å². The number of carbonyl (C=O) groups excluding carboxylic acids is 3. The van der Waals surface area contributed by atoms with Crippen molar-refractivity contribution in [1.29, 1.82) is 0 Å². The topological polar surface area (TPSA) is 115 Å². The van der Waals surface area contributed by atoms with E-state index in [2.05, 4.69) is 16.4 Å². The maximum absolute atomic E-state index is 13.9. The molecule has 1 aliphatic carbocycles. The molecule has 3 aliphatic rings. The van der Waals surface area contributed by atoms with Crippen LogP contribution in [0.3, 0.4) is 0 Å². The summed E-state index contributed by atoms with van der Waals surface area (Å²) >= 11 is 1.48. The minimum atomic E-state index is -0.452. The molecule has 3 N–H and O–H groups in total. The van der Waals surface area contributed by atoms with Gasteiger partial charge in [-0.3, -0.25) is 19.4 Å². The molecule has 1 saturated heterocycles. The molecule has 2 aromatic carbocycles. The Morgan fingerprint density at radius 3 is 2.49 bits per heavy atom. The largest absolute Gasteiger partial charge is 0.381 e. The monoisotopic (exact) mass is 680 g/mol. The molecule has 258 valence electrons. The van der Waals surface area contributed by atoms with Crippen molar-refractivity contribution in [1.82, 2.24) is 4.98 Å². The van der Waals surface area contributed by atoms with Crippen LogP contribution in [0, 0.1) is 18.3 Å². The van der Waals surface area contributed by atoms with Crippen molar-refractivity contribution in [2.24, 2.45) is 17.1 Å². The molecule has 2 fully saturated rings. The molecule has 49 heavy (non-hydrogen) atoms. The number of nitrogens with one attached hydrogen (secondary N) is 1. The van der Waals surface area contributed by atoms with Gasteiger partial charge in [-0.25, -0.2) is 0 Å². The Labute approximate surface area is 295 Å². The number of para-hydroxylation sites is 1. The van der Waals surface area contributed by atoms with Crippen molar-refractivity contribution < 1.29 is 22.0 Å². The number of primary amides is 1. The van der Waals surface area contributed by atoms with Gasteiger partial charge in [0.1, 0.15) is 0 Å². The molecule has 4 aromatic rings. The van der Waals surface area contributed by atoms with Crippen LogP contribution in [-0.4, -0.2) is 42.5 Å². The average Bonchev–Trinajstić information content (AvgIpc) is 3.53. The number of thiophene rings is 1. The Balaban J connectivity index is 0.00000143. The summed E-state index contributed by atoms with van der Waals surface area (Å²) in [5.74, 6) is -0.231. The summed E-state index contributed by atoms with van der Waals surface area (Å²) in [5, 5.41) is 4.81. The molecular weight excluding hydrogens is 633 g/mol. The van der Waals surface area contributed by atoms with Gasteiger partial charge in [-0.1, -0.05) is 32.0 Å². The average molecular weight is 681 g/mol. The molecule has 0 bridgehead atoms. The lowest BCUT2D eigenvalue weighted by atomic mass is 9.57. The third-order valence-corrected chi connectivity index (χ3v) is 10.8. The predicted octanol–water partition coefficient (Wildman–Crippen LogP) is 8.66. The van der Waals surface area contributed by atoms with E-state index in [1.54, 1.807) is 34.5 Å². The minimum Gasteiger partial charge on any atom is -0.381 e. The van der Waals surface area contributed by atoms with Gasteiger partial charge in [0.2, 0.25) is 5.91 Å². The number of carbonyl (C=O) groups is 3. The summed E-state index contributed by atoms with van der Waals surface area (Å²) in [6.45, 7) is 8.13. The highest BCUT2D eigenvalue weighted by atomic mass is 32.1. The van der Waals surface area contributed by atoms with E-state index in [0.717, 1.165) is 65.4 Å². The normalized spacial score (nSPS) is 16.7. The number of hydrogen-bond donors (Lipinski definition) is 2. The maximum atomic E-state index is 13.9. The van der Waals surface area contributed by atoms with Gasteiger partial charge in [-0.15, -0.1) is 11.3 Å². The number of fused-ring (bicyclic) bond motifs is 1. The second-order valence-electron chi connectivity index (χ2n) is 13.1. The Morgan fingerprint density at radius 2 is 1.78 bits per heavy atom. The van der Waals surface area contributed by atoms with Crippen molar-refractivity contribution in [3.05, 3.63) is 111 Å². The van der Waals surface area contributed by atoms with Crippen LogP contribution in [0.5, 0.6) is 0 Å². The van der Waals surface area contributed by atoms with E-state index in [1.807, 2.05) is 63.4 Å². The summed E-state index contributed by atoms with van der Waals surface area (Å²) in [7, 11) is 0. The SMILES string of the molecule is CC.Cc1cnc(CC2CC3(CCOCC3)C2)c(C(=O)Nc2ccc(C(=O)N3CCC(c4cc(C(N)=O)cs4)=Cc4ccccc43)cc2)c1.[HH].[HH]. The second-order valence-corrected chi connectivity index (χ2v) is 14.0. The number of benzene rings is 2. The Hall–Kier alpha value is -4.60. The summed E-state index contributed by atoms with van der Waals surface area (Å²) in [6, 6.07) is 18.6. The van der Waals surface area contributed by atoms with Gasteiger partial charge in [-0.05, 0) is 122 Å². The quantitative estimate of drug-likeness (QED) is 0.203. The highest BCUT2D eigenvalue weighted by Crippen LogP contribution is 2.53. The molecule has 0 radical (unpaired) electrons. The van der Waals surface area contributed by atoms with Crippen LogP contribution in [-0.2, 0) is 11.2 Å². The Kier molecular flexibility index (Phi) is 10.4. The van der Waals surface area contributed by atoms with Crippen LogP contribution in [0.15, 0.2) is 72.2 Å². The second kappa shape index (κ2) is 14.9. The minimum absolute atomic E-state index is 0. The number of amides is 3. The standard InChI is InChI=1S/C38H38N4O4S.C2H6.2H2/c1-24-16-31(32(40-22-24)17-25-20-38(21-25)11-14-46-15-12-38)36(44)41-30-8-6-26(7-9-30)37(45)42-13-10-28(18-27-4-2-3-5-33(27)42)34-19-29(23-47-34)35(39)43;1-2;;/h2-9,16,18-19,22-23,25H,10-15,17,20-21H2,1H3,(H2,39,43)(H,41,44);1-2H3;2*1H. The van der Waals surface area contributed by atoms with Gasteiger partial charge in [0.15, 0.2) is 0 Å². The Morgan fingerprint density at radius 1 is 1.04 bits per heavy atom. The van der Waals surface area contributed by atoms with Crippen molar-refractivity contribution >= 4 is 52.1 Å². The molecule has 9 heteroatoms. The third-order valence-electron chi connectivity index (χ3n) is 9.83. The van der Waals surface area contributed by atoms with E-state index in [4.69, 9.17) is 10.5 Å². The first-order valence-corrected chi connectivity index (χ1v) is 18.1. The molecule has 2 aliphatic heterocycles. The lowest BCUT2D eigenvalue weighted by Gasteiger charge is -2.50. The van der Waals surface area contributed by atoms with Crippen LogP contribution in [0.25, 0.3) is 11.6 Å². The predicted molar refractivity (Wildman–Crippen MR) is 201 cm³/mol. The fourth-order valence-electron chi connectivity index (χ4n) is 7.31. The molecule has 3 amide bonds. The number of aromatic nitrogens is 1. The number of nitrogens with zero attached hydrogens (tertiary/aromatic N) is 2. The number of hydrogen-bond acceptors (Lipinski definition) is 6. The van der Waals surface area contributed by atoms with Crippen molar-refractivity contribution in [2.45, 2.75) is 59.3 Å². The maximum Gasteiger partial charge on any atom is 0.258 e. The molecule has 0 atom stereocenters. The van der Waals surface area contributed by atoms with Crippen LogP contribution in [0.1, 0.15) is 102 Å². The van der Waals surface area contributed by atoms with Crippen LogP contribution < -0.4 is 16.0 Å². The van der Waals surface area contributed by atoms with Gasteiger partial charge in [0, 0.05) is 50.3 Å². The van der Waals surface area contributed by atoms with Gasteiger partial charge in [0.25, 0.3) is 11.8 Å². The lowest BCUT2D eigenvalue weighted by Crippen LogP contribution is -2.42. The highest BCUT2D eigenvalue weighted by molar-refractivity contribution is 7.11. The lowest BCUT2D eigenvalue weighted by molar-refractivity contribution is -0.0587. The number of anilines is 2. The third kappa shape index (κ3) is 7.53. The molecule has 7 rings (SSSR count). The fourth-order valence-corrected chi connectivity index (χ4v) is 8.26. The molecule has 1 spiro atoms. The van der Waals surface area contributed by atoms with Gasteiger partial charge in [0.05, 0.1) is 22.5 Å². The highest BCUT2D eigenvalue weighted by Gasteiger charge is 2.45. The molecule has 0 unspecified atom stereocenters. The summed E-state index contributed by atoms with van der Waals surface area (Å²) in [5.41, 5.74) is 12.7.